The highest BCUT2D eigenvalue weighted by atomic mass is 16.2. The van der Waals surface area contributed by atoms with Crippen molar-refractivity contribution in [3.63, 3.8) is 0 Å². The molecule has 1 saturated carbocycles. The molecule has 3 fully saturated rings. The number of piperidine rings is 1. The number of likely N-dealkylation sites (N-methyl/N-ethyl adjacent to an activating group) is 1. The van der Waals surface area contributed by atoms with Crippen LogP contribution in [0.2, 0.25) is 0 Å². The van der Waals surface area contributed by atoms with Gasteiger partial charge in [-0.2, -0.15) is 5.10 Å². The second-order valence-corrected chi connectivity index (χ2v) is 8.62. The minimum Gasteiger partial charge on any atom is -0.345 e. The van der Waals surface area contributed by atoms with E-state index in [4.69, 9.17) is 0 Å². The SMILES string of the molecule is C#C.C=C1CN(CC(=O)N2CCN(C3CCC3)CC2)CC/C1=N/NC/C=C\C(=O)N(C)C. The first-order valence-electron chi connectivity index (χ1n) is 11.4. The van der Waals surface area contributed by atoms with Gasteiger partial charge in [-0.1, -0.05) is 19.1 Å². The Hall–Kier alpha value is -2.63. The minimum atomic E-state index is -0.0451. The first kappa shape index (κ1) is 25.6. The molecule has 2 aliphatic heterocycles. The summed E-state index contributed by atoms with van der Waals surface area (Å²) in [7, 11) is 3.44. The Bertz CT molecular complexity index is 730. The zero-order chi connectivity index (χ0) is 23.5. The number of hydrogen-bond acceptors (Lipinski definition) is 6. The molecule has 0 unspecified atom stereocenters. The van der Waals surface area contributed by atoms with Gasteiger partial charge in [0.25, 0.3) is 0 Å². The number of carbonyl (C=O) groups excluding carboxylic acids is 2. The topological polar surface area (TPSA) is 71.5 Å². The quantitative estimate of drug-likeness (QED) is 0.273. The molecule has 8 nitrogen and oxygen atoms in total. The highest BCUT2D eigenvalue weighted by Gasteiger charge is 2.30. The molecule has 0 bridgehead atoms. The average Bonchev–Trinajstić information content (AvgIpc) is 2.75. The highest BCUT2D eigenvalue weighted by Crippen LogP contribution is 2.25. The highest BCUT2D eigenvalue weighted by molar-refractivity contribution is 6.00. The molecule has 0 aromatic heterocycles. The van der Waals surface area contributed by atoms with E-state index in [-0.39, 0.29) is 11.8 Å². The van der Waals surface area contributed by atoms with Crippen molar-refractivity contribution < 1.29 is 9.59 Å². The van der Waals surface area contributed by atoms with Crippen LogP contribution in [0.1, 0.15) is 25.7 Å². The summed E-state index contributed by atoms with van der Waals surface area (Å²) in [6.07, 6.45) is 16.1. The van der Waals surface area contributed by atoms with Crippen molar-refractivity contribution >= 4 is 17.5 Å². The largest absolute Gasteiger partial charge is 0.345 e. The number of amides is 2. The van der Waals surface area contributed by atoms with Gasteiger partial charge >= 0.3 is 0 Å². The van der Waals surface area contributed by atoms with E-state index in [1.807, 2.05) is 4.90 Å². The van der Waals surface area contributed by atoms with Crippen LogP contribution in [-0.4, -0.2) is 110 Å². The van der Waals surface area contributed by atoms with Gasteiger partial charge in [0.15, 0.2) is 0 Å². The van der Waals surface area contributed by atoms with E-state index in [2.05, 4.69) is 39.8 Å². The van der Waals surface area contributed by atoms with E-state index in [9.17, 15) is 9.59 Å². The maximum absolute atomic E-state index is 12.7. The molecule has 0 aromatic rings. The van der Waals surface area contributed by atoms with Crippen LogP contribution in [-0.2, 0) is 9.59 Å². The lowest BCUT2D eigenvalue weighted by atomic mass is 9.91. The van der Waals surface area contributed by atoms with Crippen LogP contribution in [0.5, 0.6) is 0 Å². The van der Waals surface area contributed by atoms with Crippen LogP contribution in [0.4, 0.5) is 0 Å². The molecule has 2 saturated heterocycles. The van der Waals surface area contributed by atoms with Crippen LogP contribution in [0.15, 0.2) is 29.4 Å². The molecule has 0 radical (unpaired) electrons. The van der Waals surface area contributed by atoms with Crippen molar-refractivity contribution in [2.45, 2.75) is 31.7 Å². The number of terminal acetylenes is 1. The molecule has 3 aliphatic rings. The lowest BCUT2D eigenvalue weighted by Crippen LogP contribution is -2.55. The molecular formula is C24H38N6O2. The molecule has 0 atom stereocenters. The lowest BCUT2D eigenvalue weighted by molar-refractivity contribution is -0.134. The smallest absolute Gasteiger partial charge is 0.245 e. The summed E-state index contributed by atoms with van der Waals surface area (Å²) in [4.78, 5) is 32.5. The van der Waals surface area contributed by atoms with Gasteiger partial charge in [-0.25, -0.2) is 0 Å². The molecule has 8 heteroatoms. The monoisotopic (exact) mass is 442 g/mol. The summed E-state index contributed by atoms with van der Waals surface area (Å²) in [6.45, 7) is 10.3. The fourth-order valence-electron chi connectivity index (χ4n) is 4.03. The Morgan fingerprint density at radius 1 is 1.19 bits per heavy atom. The number of likely N-dealkylation sites (tertiary alicyclic amines) is 1. The number of carbonyl (C=O) groups is 2. The molecule has 32 heavy (non-hydrogen) atoms. The third kappa shape index (κ3) is 7.50. The Balaban J connectivity index is 0.00000176. The van der Waals surface area contributed by atoms with Crippen molar-refractivity contribution in [1.82, 2.24) is 25.0 Å². The minimum absolute atomic E-state index is 0.0451. The summed E-state index contributed by atoms with van der Waals surface area (Å²) in [5.41, 5.74) is 4.87. The van der Waals surface area contributed by atoms with Gasteiger partial charge in [0.2, 0.25) is 11.8 Å². The standard InChI is InChI=1S/C22H36N6O2.C2H2/c1-18-16-26(11-9-20(18)24-23-10-5-8-21(29)25(2)3)17-22(30)28-14-12-27(13-15-28)19-6-4-7-19;1-2/h5,8,19,23H,1,4,6-7,9-17H2,2-3H3;1-2H/b8-5-,24-20-;. The Morgan fingerprint density at radius 3 is 2.44 bits per heavy atom. The predicted octanol–water partition coefficient (Wildman–Crippen LogP) is 0.784. The van der Waals surface area contributed by atoms with Crippen LogP contribution in [0.25, 0.3) is 0 Å². The van der Waals surface area contributed by atoms with Crippen LogP contribution >= 0.6 is 0 Å². The second kappa shape index (κ2) is 13.0. The molecule has 0 aromatic carbocycles. The lowest BCUT2D eigenvalue weighted by Gasteiger charge is -2.43. The van der Waals surface area contributed by atoms with Crippen LogP contribution < -0.4 is 5.43 Å². The van der Waals surface area contributed by atoms with Gasteiger partial charge in [0.05, 0.1) is 18.8 Å². The number of nitrogens with one attached hydrogen (secondary N) is 1. The van der Waals surface area contributed by atoms with Gasteiger partial charge in [-0.05, 0) is 18.4 Å². The van der Waals surface area contributed by atoms with E-state index < -0.39 is 0 Å². The fourth-order valence-corrected chi connectivity index (χ4v) is 4.03. The summed E-state index contributed by atoms with van der Waals surface area (Å²) >= 11 is 0. The zero-order valence-corrected chi connectivity index (χ0v) is 19.6. The van der Waals surface area contributed by atoms with E-state index in [0.29, 0.717) is 19.6 Å². The summed E-state index contributed by atoms with van der Waals surface area (Å²) in [5.74, 6) is 0.182. The van der Waals surface area contributed by atoms with Crippen LogP contribution in [0.3, 0.4) is 0 Å². The predicted molar refractivity (Wildman–Crippen MR) is 129 cm³/mol. The number of hydrazone groups is 1. The van der Waals surface area contributed by atoms with Gasteiger partial charge in [0, 0.05) is 71.9 Å². The molecule has 2 amide bonds. The van der Waals surface area contributed by atoms with E-state index in [1.165, 1.54) is 30.2 Å². The average molecular weight is 443 g/mol. The van der Waals surface area contributed by atoms with Gasteiger partial charge in [-0.15, -0.1) is 12.8 Å². The van der Waals surface area contributed by atoms with Gasteiger partial charge in [-0.3, -0.25) is 19.4 Å². The van der Waals surface area contributed by atoms with Crippen molar-refractivity contribution in [2.24, 2.45) is 5.10 Å². The Morgan fingerprint density at radius 2 is 1.88 bits per heavy atom. The molecule has 1 N–H and O–H groups in total. The van der Waals surface area contributed by atoms with Crippen molar-refractivity contribution in [1.29, 1.82) is 0 Å². The number of hydrogen-bond donors (Lipinski definition) is 1. The van der Waals surface area contributed by atoms with Crippen molar-refractivity contribution in [3.8, 4) is 12.8 Å². The molecule has 0 spiro atoms. The maximum atomic E-state index is 12.7. The number of nitrogens with zero attached hydrogens (tertiary/aromatic N) is 5. The summed E-state index contributed by atoms with van der Waals surface area (Å²) < 4.78 is 0. The normalized spacial score (nSPS) is 21.7. The number of piperazine rings is 1. The third-order valence-corrected chi connectivity index (χ3v) is 6.23. The van der Waals surface area contributed by atoms with Crippen LogP contribution in [0, 0.1) is 12.8 Å². The molecule has 176 valence electrons. The first-order chi connectivity index (χ1) is 15.4. The first-order valence-corrected chi connectivity index (χ1v) is 11.4. The van der Waals surface area contributed by atoms with Gasteiger partial charge < -0.3 is 15.2 Å². The van der Waals surface area contributed by atoms with E-state index in [1.54, 1.807) is 20.2 Å². The Labute approximate surface area is 193 Å². The molecule has 2 heterocycles. The van der Waals surface area contributed by atoms with Crippen molar-refractivity contribution in [3.05, 3.63) is 24.3 Å². The fraction of sp³-hybridized carbons (Fsp3) is 0.625. The second-order valence-electron chi connectivity index (χ2n) is 8.62. The molecular weight excluding hydrogens is 404 g/mol. The van der Waals surface area contributed by atoms with E-state index in [0.717, 1.165) is 56.5 Å². The Kier molecular flexibility index (Phi) is 10.4. The molecule has 3 rings (SSSR count). The third-order valence-electron chi connectivity index (χ3n) is 6.23. The maximum Gasteiger partial charge on any atom is 0.245 e. The molecule has 1 aliphatic carbocycles. The van der Waals surface area contributed by atoms with Crippen molar-refractivity contribution in [2.75, 3.05) is 66.5 Å². The zero-order valence-electron chi connectivity index (χ0n) is 19.6. The van der Waals surface area contributed by atoms with Gasteiger partial charge in [0.1, 0.15) is 0 Å². The summed E-state index contributed by atoms with van der Waals surface area (Å²) in [6, 6.07) is 0.767. The van der Waals surface area contributed by atoms with E-state index >= 15 is 0 Å². The summed E-state index contributed by atoms with van der Waals surface area (Å²) in [5, 5.41) is 4.41. The number of rotatable bonds is 7.